The Bertz CT molecular complexity index is 485. The minimum absolute atomic E-state index is 0.0481. The van der Waals surface area contributed by atoms with E-state index in [1.807, 2.05) is 0 Å². The lowest BCUT2D eigenvalue weighted by Crippen LogP contribution is -2.39. The molecule has 0 N–H and O–H groups in total. The summed E-state index contributed by atoms with van der Waals surface area (Å²) in [4.78, 5) is 24.9. The number of rotatable bonds is 5. The van der Waals surface area contributed by atoms with Crippen molar-refractivity contribution in [3.05, 3.63) is 34.6 Å². The Morgan fingerprint density at radius 3 is 2.55 bits per heavy atom. The summed E-state index contributed by atoms with van der Waals surface area (Å²) in [6.07, 6.45) is 0.0481. The highest BCUT2D eigenvalue weighted by molar-refractivity contribution is 6.33. The molecule has 1 aromatic carbocycles. The number of hydrogen-bond donors (Lipinski definition) is 0. The van der Waals surface area contributed by atoms with Crippen LogP contribution in [0.15, 0.2) is 18.2 Å². The summed E-state index contributed by atoms with van der Waals surface area (Å²) >= 11 is 5.88. The van der Waals surface area contributed by atoms with E-state index in [0.29, 0.717) is 0 Å². The van der Waals surface area contributed by atoms with Crippen molar-refractivity contribution in [3.63, 3.8) is 0 Å². The standard InChI is InChI=1S/C14H17ClFNO3/c1-9(2)17(8-7-12(18)20-3)14(19)13-10(15)5-4-6-11(13)16/h4-6,9H,7-8H2,1-3H3. The maximum Gasteiger partial charge on any atom is 0.307 e. The molecule has 110 valence electrons. The molecule has 20 heavy (non-hydrogen) atoms. The van der Waals surface area contributed by atoms with Gasteiger partial charge in [0.2, 0.25) is 0 Å². The molecule has 0 bridgehead atoms. The first kappa shape index (κ1) is 16.4. The van der Waals surface area contributed by atoms with Crippen LogP contribution in [0.25, 0.3) is 0 Å². The van der Waals surface area contributed by atoms with E-state index < -0.39 is 17.7 Å². The van der Waals surface area contributed by atoms with Crippen LogP contribution in [0.5, 0.6) is 0 Å². The number of carbonyl (C=O) groups is 2. The number of benzene rings is 1. The van der Waals surface area contributed by atoms with Gasteiger partial charge in [0.05, 0.1) is 24.1 Å². The van der Waals surface area contributed by atoms with Crippen LogP contribution >= 0.6 is 11.6 Å². The van der Waals surface area contributed by atoms with Gasteiger partial charge in [-0.1, -0.05) is 17.7 Å². The second-order valence-electron chi connectivity index (χ2n) is 4.52. The third kappa shape index (κ3) is 3.93. The van der Waals surface area contributed by atoms with Crippen LogP contribution in [-0.4, -0.2) is 36.5 Å². The second-order valence-corrected chi connectivity index (χ2v) is 4.92. The molecule has 6 heteroatoms. The lowest BCUT2D eigenvalue weighted by Gasteiger charge is -2.27. The zero-order valence-electron chi connectivity index (χ0n) is 11.7. The minimum atomic E-state index is -0.675. The zero-order valence-corrected chi connectivity index (χ0v) is 12.4. The van der Waals surface area contributed by atoms with Gasteiger partial charge < -0.3 is 9.64 Å². The van der Waals surface area contributed by atoms with E-state index in [9.17, 15) is 14.0 Å². The van der Waals surface area contributed by atoms with Crippen LogP contribution in [0, 0.1) is 5.82 Å². The van der Waals surface area contributed by atoms with Gasteiger partial charge in [0.1, 0.15) is 5.82 Å². The van der Waals surface area contributed by atoms with Crippen LogP contribution in [0.3, 0.4) is 0 Å². The van der Waals surface area contributed by atoms with Crippen molar-refractivity contribution in [2.24, 2.45) is 0 Å². The summed E-state index contributed by atoms with van der Waals surface area (Å²) in [6, 6.07) is 3.87. The molecule has 0 atom stereocenters. The molecule has 0 aliphatic heterocycles. The third-order valence-corrected chi connectivity index (χ3v) is 3.16. The van der Waals surface area contributed by atoms with E-state index in [0.717, 1.165) is 0 Å². The predicted molar refractivity (Wildman–Crippen MR) is 74.2 cm³/mol. The van der Waals surface area contributed by atoms with Crippen LogP contribution < -0.4 is 0 Å². The van der Waals surface area contributed by atoms with Gasteiger partial charge in [-0.3, -0.25) is 9.59 Å². The summed E-state index contributed by atoms with van der Waals surface area (Å²) in [5.74, 6) is -1.64. The van der Waals surface area contributed by atoms with E-state index in [2.05, 4.69) is 4.74 Å². The fraction of sp³-hybridized carbons (Fsp3) is 0.429. The fourth-order valence-corrected chi connectivity index (χ4v) is 2.00. The molecule has 1 aromatic rings. The number of hydrogen-bond acceptors (Lipinski definition) is 3. The highest BCUT2D eigenvalue weighted by Crippen LogP contribution is 2.22. The van der Waals surface area contributed by atoms with Gasteiger partial charge in [-0.15, -0.1) is 0 Å². The van der Waals surface area contributed by atoms with Gasteiger partial charge >= 0.3 is 5.97 Å². The van der Waals surface area contributed by atoms with Crippen LogP contribution in [-0.2, 0) is 9.53 Å². The molecule has 1 rings (SSSR count). The molecule has 0 fully saturated rings. The molecule has 4 nitrogen and oxygen atoms in total. The molecular formula is C14H17ClFNO3. The Morgan fingerprint density at radius 1 is 1.40 bits per heavy atom. The summed E-state index contributed by atoms with van der Waals surface area (Å²) in [5, 5.41) is 0.0544. The van der Waals surface area contributed by atoms with Crippen molar-refractivity contribution in [1.82, 2.24) is 4.90 Å². The van der Waals surface area contributed by atoms with Crippen molar-refractivity contribution in [2.45, 2.75) is 26.3 Å². The maximum atomic E-state index is 13.8. The molecule has 0 aliphatic rings. The smallest absolute Gasteiger partial charge is 0.307 e. The predicted octanol–water partition coefficient (Wildman–Crippen LogP) is 2.89. The van der Waals surface area contributed by atoms with Gasteiger partial charge in [-0.25, -0.2) is 4.39 Å². The monoisotopic (exact) mass is 301 g/mol. The summed E-state index contributed by atoms with van der Waals surface area (Å²) in [5.41, 5.74) is -0.173. The number of esters is 1. The van der Waals surface area contributed by atoms with Crippen LogP contribution in [0.4, 0.5) is 4.39 Å². The Labute approximate surface area is 122 Å². The summed E-state index contributed by atoms with van der Waals surface area (Å²) in [6.45, 7) is 3.71. The highest BCUT2D eigenvalue weighted by Gasteiger charge is 2.24. The van der Waals surface area contributed by atoms with E-state index in [1.165, 1.54) is 30.2 Å². The molecule has 1 amide bonds. The number of ether oxygens (including phenoxy) is 1. The quantitative estimate of drug-likeness (QED) is 0.786. The maximum absolute atomic E-state index is 13.8. The first-order valence-electron chi connectivity index (χ1n) is 6.20. The molecule has 0 saturated heterocycles. The van der Waals surface area contributed by atoms with Gasteiger partial charge in [-0.05, 0) is 26.0 Å². The van der Waals surface area contributed by atoms with Crippen molar-refractivity contribution < 1.29 is 18.7 Å². The molecule has 0 heterocycles. The molecule has 0 radical (unpaired) electrons. The zero-order chi connectivity index (χ0) is 15.3. The second kappa shape index (κ2) is 7.24. The summed E-state index contributed by atoms with van der Waals surface area (Å²) < 4.78 is 18.3. The molecular weight excluding hydrogens is 285 g/mol. The van der Waals surface area contributed by atoms with Gasteiger partial charge in [0.25, 0.3) is 5.91 Å². The summed E-state index contributed by atoms with van der Waals surface area (Å²) in [7, 11) is 1.28. The topological polar surface area (TPSA) is 46.6 Å². The minimum Gasteiger partial charge on any atom is -0.469 e. The molecule has 0 aromatic heterocycles. The van der Waals surface area contributed by atoms with E-state index >= 15 is 0 Å². The van der Waals surface area contributed by atoms with Crippen molar-refractivity contribution in [2.75, 3.05) is 13.7 Å². The normalized spacial score (nSPS) is 10.5. The molecule has 0 spiro atoms. The van der Waals surface area contributed by atoms with Gasteiger partial charge in [0.15, 0.2) is 0 Å². The number of methoxy groups -OCH3 is 1. The number of amides is 1. The Kier molecular flexibility index (Phi) is 5.95. The fourth-order valence-electron chi connectivity index (χ4n) is 1.75. The Hall–Kier alpha value is -1.62. The van der Waals surface area contributed by atoms with Crippen LogP contribution in [0.2, 0.25) is 5.02 Å². The van der Waals surface area contributed by atoms with Gasteiger partial charge in [0, 0.05) is 12.6 Å². The number of nitrogens with zero attached hydrogens (tertiary/aromatic N) is 1. The average Bonchev–Trinajstić information content (AvgIpc) is 2.38. The molecule has 0 unspecified atom stereocenters. The van der Waals surface area contributed by atoms with Crippen molar-refractivity contribution in [1.29, 1.82) is 0 Å². The van der Waals surface area contributed by atoms with Gasteiger partial charge in [-0.2, -0.15) is 0 Å². The number of carbonyl (C=O) groups excluding carboxylic acids is 2. The first-order valence-corrected chi connectivity index (χ1v) is 6.58. The highest BCUT2D eigenvalue weighted by atomic mass is 35.5. The Morgan fingerprint density at radius 2 is 2.05 bits per heavy atom. The van der Waals surface area contributed by atoms with E-state index in [1.54, 1.807) is 13.8 Å². The largest absolute Gasteiger partial charge is 0.469 e. The van der Waals surface area contributed by atoms with Crippen molar-refractivity contribution >= 4 is 23.5 Å². The Balaban J connectivity index is 2.97. The SMILES string of the molecule is COC(=O)CCN(C(=O)c1c(F)cccc1Cl)C(C)C. The molecule has 0 saturated carbocycles. The third-order valence-electron chi connectivity index (χ3n) is 2.85. The lowest BCUT2D eigenvalue weighted by atomic mass is 10.1. The average molecular weight is 302 g/mol. The van der Waals surface area contributed by atoms with Crippen LogP contribution in [0.1, 0.15) is 30.6 Å². The lowest BCUT2D eigenvalue weighted by molar-refractivity contribution is -0.140. The first-order chi connectivity index (χ1) is 9.38. The molecule has 0 aliphatic carbocycles. The van der Waals surface area contributed by atoms with E-state index in [4.69, 9.17) is 11.6 Å². The van der Waals surface area contributed by atoms with Crippen molar-refractivity contribution in [3.8, 4) is 0 Å². The number of halogens is 2. The van der Waals surface area contributed by atoms with E-state index in [-0.39, 0.29) is 29.6 Å².